The van der Waals surface area contributed by atoms with Crippen molar-refractivity contribution in [3.63, 3.8) is 0 Å². The number of hydrogen-bond acceptors (Lipinski definition) is 4. The molecule has 2 rings (SSSR count). The molecule has 1 N–H and O–H groups in total. The first-order valence-corrected chi connectivity index (χ1v) is 5.06. The maximum Gasteiger partial charge on any atom is 0.0632 e. The average molecular weight is 186 g/mol. The highest BCUT2D eigenvalue weighted by Gasteiger charge is 2.18. The van der Waals surface area contributed by atoms with E-state index >= 15 is 0 Å². The molecule has 1 unspecified atom stereocenters. The fraction of sp³-hybridized carbons (Fsp3) is 1.00. The Kier molecular flexibility index (Phi) is 3.55. The van der Waals surface area contributed by atoms with Crippen LogP contribution in [0.25, 0.3) is 0 Å². The third kappa shape index (κ3) is 2.91. The minimum Gasteiger partial charge on any atom is -0.379 e. The van der Waals surface area contributed by atoms with Gasteiger partial charge in [0.25, 0.3) is 0 Å². The van der Waals surface area contributed by atoms with E-state index in [1.807, 2.05) is 0 Å². The van der Waals surface area contributed by atoms with E-state index in [2.05, 4.69) is 10.2 Å². The van der Waals surface area contributed by atoms with Gasteiger partial charge in [-0.25, -0.2) is 0 Å². The van der Waals surface area contributed by atoms with Gasteiger partial charge in [0.2, 0.25) is 0 Å². The number of morpholine rings is 2. The Bertz CT molecular complexity index is 127. The second-order valence-corrected chi connectivity index (χ2v) is 3.64. The highest BCUT2D eigenvalue weighted by atomic mass is 16.5. The smallest absolute Gasteiger partial charge is 0.0632 e. The predicted octanol–water partition coefficient (Wildman–Crippen LogP) is -0.693. The van der Waals surface area contributed by atoms with E-state index in [1.165, 1.54) is 0 Å². The first kappa shape index (κ1) is 9.40. The van der Waals surface area contributed by atoms with Crippen LogP contribution in [-0.2, 0) is 9.47 Å². The van der Waals surface area contributed by atoms with Gasteiger partial charge < -0.3 is 14.8 Å². The molecule has 0 saturated carbocycles. The van der Waals surface area contributed by atoms with Gasteiger partial charge >= 0.3 is 0 Å². The van der Waals surface area contributed by atoms with E-state index in [9.17, 15) is 0 Å². The lowest BCUT2D eigenvalue weighted by atomic mass is 10.2. The maximum atomic E-state index is 5.40. The van der Waals surface area contributed by atoms with E-state index in [4.69, 9.17) is 9.47 Å². The van der Waals surface area contributed by atoms with Crippen LogP contribution in [0.2, 0.25) is 0 Å². The van der Waals surface area contributed by atoms with Crippen LogP contribution in [0.5, 0.6) is 0 Å². The lowest BCUT2D eigenvalue weighted by Crippen LogP contribution is -2.50. The molecule has 4 nitrogen and oxygen atoms in total. The van der Waals surface area contributed by atoms with Crippen LogP contribution >= 0.6 is 0 Å². The summed E-state index contributed by atoms with van der Waals surface area (Å²) >= 11 is 0. The highest BCUT2D eigenvalue weighted by molar-refractivity contribution is 4.75. The highest BCUT2D eigenvalue weighted by Crippen LogP contribution is 2.01. The molecule has 0 radical (unpaired) electrons. The topological polar surface area (TPSA) is 33.7 Å². The molecule has 2 fully saturated rings. The zero-order valence-corrected chi connectivity index (χ0v) is 8.00. The molecular weight excluding hydrogens is 168 g/mol. The van der Waals surface area contributed by atoms with E-state index in [0.717, 1.165) is 52.6 Å². The minimum absolute atomic E-state index is 0.520. The summed E-state index contributed by atoms with van der Waals surface area (Å²) in [5.74, 6) is 0. The van der Waals surface area contributed by atoms with Crippen molar-refractivity contribution in [2.24, 2.45) is 0 Å². The zero-order chi connectivity index (χ0) is 8.93. The average Bonchev–Trinajstić information content (AvgIpc) is 2.21. The van der Waals surface area contributed by atoms with E-state index in [-0.39, 0.29) is 0 Å². The molecule has 0 spiro atoms. The molecule has 0 aromatic heterocycles. The SMILES string of the molecule is C1COCC(CN2CCOCC2)N1. The predicted molar refractivity (Wildman–Crippen MR) is 49.9 cm³/mol. The van der Waals surface area contributed by atoms with Gasteiger partial charge in [-0.1, -0.05) is 0 Å². The van der Waals surface area contributed by atoms with Gasteiger partial charge in [0.1, 0.15) is 0 Å². The molecule has 0 amide bonds. The Morgan fingerprint density at radius 2 is 2.00 bits per heavy atom. The fourth-order valence-electron chi connectivity index (χ4n) is 1.83. The molecule has 2 heterocycles. The molecule has 2 saturated heterocycles. The minimum atomic E-state index is 0.520. The van der Waals surface area contributed by atoms with Crippen molar-refractivity contribution >= 4 is 0 Å². The summed E-state index contributed by atoms with van der Waals surface area (Å²) in [4.78, 5) is 2.44. The Balaban J connectivity index is 1.69. The quantitative estimate of drug-likeness (QED) is 0.619. The first-order valence-electron chi connectivity index (χ1n) is 5.06. The molecule has 2 aliphatic rings. The van der Waals surface area contributed by atoms with Crippen LogP contribution in [0.3, 0.4) is 0 Å². The summed E-state index contributed by atoms with van der Waals surface area (Å²) in [6.45, 7) is 7.72. The van der Waals surface area contributed by atoms with Crippen LogP contribution in [0.15, 0.2) is 0 Å². The van der Waals surface area contributed by atoms with Crippen molar-refractivity contribution in [1.82, 2.24) is 10.2 Å². The third-order valence-corrected chi connectivity index (χ3v) is 2.58. The Labute approximate surface area is 79.2 Å². The van der Waals surface area contributed by atoms with Crippen molar-refractivity contribution < 1.29 is 9.47 Å². The number of ether oxygens (including phenoxy) is 2. The van der Waals surface area contributed by atoms with E-state index < -0.39 is 0 Å². The number of rotatable bonds is 2. The summed E-state index contributed by atoms with van der Waals surface area (Å²) in [6, 6.07) is 0.520. The molecule has 0 aromatic rings. The summed E-state index contributed by atoms with van der Waals surface area (Å²) in [5, 5.41) is 3.46. The number of nitrogens with one attached hydrogen (secondary N) is 1. The Morgan fingerprint density at radius 3 is 2.69 bits per heavy atom. The molecule has 13 heavy (non-hydrogen) atoms. The summed E-state index contributed by atoms with van der Waals surface area (Å²) in [6.07, 6.45) is 0. The number of nitrogens with zero attached hydrogens (tertiary/aromatic N) is 1. The Morgan fingerprint density at radius 1 is 1.15 bits per heavy atom. The van der Waals surface area contributed by atoms with Gasteiger partial charge in [0.05, 0.1) is 26.4 Å². The van der Waals surface area contributed by atoms with Crippen molar-refractivity contribution in [3.8, 4) is 0 Å². The van der Waals surface area contributed by atoms with Crippen LogP contribution in [0, 0.1) is 0 Å². The zero-order valence-electron chi connectivity index (χ0n) is 8.00. The van der Waals surface area contributed by atoms with E-state index in [1.54, 1.807) is 0 Å². The van der Waals surface area contributed by atoms with Gasteiger partial charge in [-0.05, 0) is 0 Å². The van der Waals surface area contributed by atoms with Crippen molar-refractivity contribution in [2.75, 3.05) is 52.6 Å². The van der Waals surface area contributed by atoms with Gasteiger partial charge in [-0.3, -0.25) is 4.90 Å². The van der Waals surface area contributed by atoms with Crippen molar-refractivity contribution in [2.45, 2.75) is 6.04 Å². The molecule has 2 aliphatic heterocycles. The van der Waals surface area contributed by atoms with Crippen LogP contribution in [-0.4, -0.2) is 63.5 Å². The second-order valence-electron chi connectivity index (χ2n) is 3.64. The van der Waals surface area contributed by atoms with E-state index in [0.29, 0.717) is 6.04 Å². The number of hydrogen-bond donors (Lipinski definition) is 1. The third-order valence-electron chi connectivity index (χ3n) is 2.58. The fourth-order valence-corrected chi connectivity index (χ4v) is 1.83. The molecule has 0 bridgehead atoms. The summed E-state index contributed by atoms with van der Waals surface area (Å²) in [7, 11) is 0. The monoisotopic (exact) mass is 186 g/mol. The summed E-state index contributed by atoms with van der Waals surface area (Å²) < 4.78 is 10.7. The molecular formula is C9H18N2O2. The second kappa shape index (κ2) is 4.91. The molecule has 76 valence electrons. The van der Waals surface area contributed by atoms with Crippen LogP contribution < -0.4 is 5.32 Å². The standard InChI is InChI=1S/C9H18N2O2/c1-4-13-8-9(10-1)7-11-2-5-12-6-3-11/h9-10H,1-8H2. The lowest BCUT2D eigenvalue weighted by molar-refractivity contribution is 0.0148. The molecule has 0 aromatic carbocycles. The Hall–Kier alpha value is -0.160. The van der Waals surface area contributed by atoms with Gasteiger partial charge in [-0.15, -0.1) is 0 Å². The van der Waals surface area contributed by atoms with Crippen molar-refractivity contribution in [1.29, 1.82) is 0 Å². The van der Waals surface area contributed by atoms with Crippen LogP contribution in [0.4, 0.5) is 0 Å². The van der Waals surface area contributed by atoms with Crippen LogP contribution in [0.1, 0.15) is 0 Å². The molecule has 0 aliphatic carbocycles. The van der Waals surface area contributed by atoms with Gasteiger partial charge in [-0.2, -0.15) is 0 Å². The maximum absolute atomic E-state index is 5.40. The normalized spacial score (nSPS) is 31.8. The largest absolute Gasteiger partial charge is 0.379 e. The van der Waals surface area contributed by atoms with Crippen molar-refractivity contribution in [3.05, 3.63) is 0 Å². The lowest BCUT2D eigenvalue weighted by Gasteiger charge is -2.32. The first-order chi connectivity index (χ1) is 6.45. The molecule has 1 atom stereocenters. The molecule has 4 heteroatoms. The summed E-state index contributed by atoms with van der Waals surface area (Å²) in [5.41, 5.74) is 0. The van der Waals surface area contributed by atoms with Gasteiger partial charge in [0.15, 0.2) is 0 Å². The van der Waals surface area contributed by atoms with Gasteiger partial charge in [0, 0.05) is 32.2 Å².